The summed E-state index contributed by atoms with van der Waals surface area (Å²) < 4.78 is 52.3. The van der Waals surface area contributed by atoms with E-state index in [2.05, 4.69) is 11.5 Å². The summed E-state index contributed by atoms with van der Waals surface area (Å²) in [4.78, 5) is 2.16. The second kappa shape index (κ2) is 6.40. The van der Waals surface area contributed by atoms with E-state index >= 15 is 0 Å². The van der Waals surface area contributed by atoms with E-state index in [1.165, 1.54) is 18.2 Å². The van der Waals surface area contributed by atoms with Gasteiger partial charge in [-0.25, -0.2) is 4.39 Å². The Kier molecular flexibility index (Phi) is 4.45. The van der Waals surface area contributed by atoms with Crippen molar-refractivity contribution in [1.29, 1.82) is 0 Å². The first-order chi connectivity index (χ1) is 11.4. The standard InChI is InChI=1S/C19H17F4N/c1-2-8-24-9-7-17-15(12-24)10-14(11-18(17)20)13-3-5-16(6-4-13)19(21,22)23/h2-6,10-11H,1,7-9,12H2. The number of hydrogen-bond donors (Lipinski definition) is 0. The third-order valence-electron chi connectivity index (χ3n) is 4.29. The predicted molar refractivity (Wildman–Crippen MR) is 86.0 cm³/mol. The van der Waals surface area contributed by atoms with Crippen LogP contribution < -0.4 is 0 Å². The molecule has 1 aliphatic heterocycles. The number of hydrogen-bond acceptors (Lipinski definition) is 1. The van der Waals surface area contributed by atoms with Crippen molar-refractivity contribution in [2.24, 2.45) is 0 Å². The third kappa shape index (κ3) is 3.36. The highest BCUT2D eigenvalue weighted by molar-refractivity contribution is 5.65. The molecule has 0 radical (unpaired) electrons. The first-order valence-electron chi connectivity index (χ1n) is 7.70. The minimum atomic E-state index is -4.37. The molecule has 1 heterocycles. The molecule has 0 N–H and O–H groups in total. The molecule has 24 heavy (non-hydrogen) atoms. The van der Waals surface area contributed by atoms with Crippen LogP contribution >= 0.6 is 0 Å². The molecule has 1 aliphatic rings. The summed E-state index contributed by atoms with van der Waals surface area (Å²) in [7, 11) is 0. The van der Waals surface area contributed by atoms with Crippen molar-refractivity contribution >= 4 is 0 Å². The molecule has 0 spiro atoms. The van der Waals surface area contributed by atoms with Crippen LogP contribution in [0.4, 0.5) is 17.6 Å². The topological polar surface area (TPSA) is 3.24 Å². The van der Waals surface area contributed by atoms with Crippen LogP contribution in [0.1, 0.15) is 16.7 Å². The summed E-state index contributed by atoms with van der Waals surface area (Å²) in [5.74, 6) is -0.291. The van der Waals surface area contributed by atoms with Crippen molar-refractivity contribution in [2.75, 3.05) is 13.1 Å². The summed E-state index contributed by atoms with van der Waals surface area (Å²) in [6, 6.07) is 8.09. The largest absolute Gasteiger partial charge is 0.416 e. The SMILES string of the molecule is C=CCN1CCc2c(F)cc(-c3ccc(C(F)(F)F)cc3)cc2C1. The van der Waals surface area contributed by atoms with Gasteiger partial charge in [-0.05, 0) is 52.9 Å². The van der Waals surface area contributed by atoms with Crippen molar-refractivity contribution < 1.29 is 17.6 Å². The molecule has 1 nitrogen and oxygen atoms in total. The van der Waals surface area contributed by atoms with Gasteiger partial charge in [0.25, 0.3) is 0 Å². The molecule has 0 saturated heterocycles. The van der Waals surface area contributed by atoms with Crippen molar-refractivity contribution in [3.05, 3.63) is 71.6 Å². The molecule has 0 aromatic heterocycles. The highest BCUT2D eigenvalue weighted by Gasteiger charge is 2.30. The van der Waals surface area contributed by atoms with Crippen molar-refractivity contribution in [1.82, 2.24) is 4.90 Å². The summed E-state index contributed by atoms with van der Waals surface area (Å²) in [5.41, 5.74) is 2.05. The lowest BCUT2D eigenvalue weighted by Crippen LogP contribution is -2.31. The van der Waals surface area contributed by atoms with E-state index in [0.717, 1.165) is 30.8 Å². The highest BCUT2D eigenvalue weighted by atomic mass is 19.4. The van der Waals surface area contributed by atoms with Crippen LogP contribution in [0.2, 0.25) is 0 Å². The molecule has 0 fully saturated rings. The normalized spacial score (nSPS) is 15.2. The molecule has 126 valence electrons. The minimum Gasteiger partial charge on any atom is -0.295 e. The van der Waals surface area contributed by atoms with Gasteiger partial charge in [-0.15, -0.1) is 6.58 Å². The monoisotopic (exact) mass is 335 g/mol. The summed E-state index contributed by atoms with van der Waals surface area (Å²) in [6.07, 6.45) is -1.94. The van der Waals surface area contributed by atoms with Gasteiger partial charge in [0.1, 0.15) is 5.82 Å². The van der Waals surface area contributed by atoms with E-state index in [4.69, 9.17) is 0 Å². The third-order valence-corrected chi connectivity index (χ3v) is 4.29. The predicted octanol–water partition coefficient (Wildman–Crippen LogP) is 5.06. The van der Waals surface area contributed by atoms with Crippen LogP contribution in [0.3, 0.4) is 0 Å². The second-order valence-electron chi connectivity index (χ2n) is 5.94. The van der Waals surface area contributed by atoms with Gasteiger partial charge < -0.3 is 0 Å². The maximum atomic E-state index is 14.4. The Balaban J connectivity index is 1.94. The van der Waals surface area contributed by atoms with Gasteiger partial charge in [0.15, 0.2) is 0 Å². The minimum absolute atomic E-state index is 0.291. The zero-order valence-electron chi connectivity index (χ0n) is 13.0. The van der Waals surface area contributed by atoms with Gasteiger partial charge in [-0.2, -0.15) is 13.2 Å². The van der Waals surface area contributed by atoms with Crippen molar-refractivity contribution in [3.63, 3.8) is 0 Å². The van der Waals surface area contributed by atoms with Gasteiger partial charge >= 0.3 is 6.18 Å². The maximum Gasteiger partial charge on any atom is 0.416 e. The first kappa shape index (κ1) is 16.7. The van der Waals surface area contributed by atoms with Gasteiger partial charge in [-0.1, -0.05) is 18.2 Å². The summed E-state index contributed by atoms with van der Waals surface area (Å²) >= 11 is 0. The van der Waals surface area contributed by atoms with Crippen molar-refractivity contribution in [2.45, 2.75) is 19.1 Å². The molecule has 2 aromatic carbocycles. The molecule has 0 saturated carbocycles. The number of benzene rings is 2. The van der Waals surface area contributed by atoms with Gasteiger partial charge in [0.05, 0.1) is 5.56 Å². The van der Waals surface area contributed by atoms with E-state index in [0.29, 0.717) is 29.7 Å². The lowest BCUT2D eigenvalue weighted by Gasteiger charge is -2.28. The molecule has 0 unspecified atom stereocenters. The number of fused-ring (bicyclic) bond motifs is 1. The zero-order valence-corrected chi connectivity index (χ0v) is 13.0. The molecular formula is C19H17F4N. The van der Waals surface area contributed by atoms with E-state index < -0.39 is 11.7 Å². The van der Waals surface area contributed by atoms with E-state index in [1.807, 2.05) is 6.07 Å². The fraction of sp³-hybridized carbons (Fsp3) is 0.263. The zero-order chi connectivity index (χ0) is 17.3. The Morgan fingerprint density at radius 2 is 1.79 bits per heavy atom. The lowest BCUT2D eigenvalue weighted by molar-refractivity contribution is -0.137. The molecule has 3 rings (SSSR count). The van der Waals surface area contributed by atoms with Gasteiger partial charge in [0.2, 0.25) is 0 Å². The van der Waals surface area contributed by atoms with Crippen LogP contribution in [-0.2, 0) is 19.1 Å². The quantitative estimate of drug-likeness (QED) is 0.560. The average molecular weight is 335 g/mol. The van der Waals surface area contributed by atoms with Crippen LogP contribution in [0.15, 0.2) is 49.1 Å². The number of rotatable bonds is 3. The Labute approximate surface area is 138 Å². The number of alkyl halides is 3. The fourth-order valence-corrected chi connectivity index (χ4v) is 3.06. The van der Waals surface area contributed by atoms with E-state index in [9.17, 15) is 17.6 Å². The molecule has 0 atom stereocenters. The Hall–Kier alpha value is -2.14. The van der Waals surface area contributed by atoms with Crippen LogP contribution in [0, 0.1) is 5.82 Å². The average Bonchev–Trinajstić information content (AvgIpc) is 2.54. The first-order valence-corrected chi connectivity index (χ1v) is 7.70. The maximum absolute atomic E-state index is 14.4. The van der Waals surface area contributed by atoms with Crippen LogP contribution in [-0.4, -0.2) is 18.0 Å². The summed E-state index contributed by atoms with van der Waals surface area (Å²) in [6.45, 7) is 5.83. The molecule has 2 aromatic rings. The van der Waals surface area contributed by atoms with Crippen LogP contribution in [0.25, 0.3) is 11.1 Å². The molecule has 0 aliphatic carbocycles. The number of nitrogens with zero attached hydrogens (tertiary/aromatic N) is 1. The fourth-order valence-electron chi connectivity index (χ4n) is 3.06. The second-order valence-corrected chi connectivity index (χ2v) is 5.94. The molecule has 0 bridgehead atoms. The van der Waals surface area contributed by atoms with Gasteiger partial charge in [0, 0.05) is 19.6 Å². The smallest absolute Gasteiger partial charge is 0.295 e. The Bertz CT molecular complexity index is 747. The van der Waals surface area contributed by atoms with Gasteiger partial charge in [-0.3, -0.25) is 4.90 Å². The summed E-state index contributed by atoms with van der Waals surface area (Å²) in [5, 5.41) is 0. The molecular weight excluding hydrogens is 318 g/mol. The van der Waals surface area contributed by atoms with Crippen molar-refractivity contribution in [3.8, 4) is 11.1 Å². The highest BCUT2D eigenvalue weighted by Crippen LogP contribution is 2.33. The van der Waals surface area contributed by atoms with Crippen LogP contribution in [0.5, 0.6) is 0 Å². The molecule has 0 amide bonds. The van der Waals surface area contributed by atoms with E-state index in [-0.39, 0.29) is 5.82 Å². The number of halogens is 4. The van der Waals surface area contributed by atoms with E-state index in [1.54, 1.807) is 6.08 Å². The molecule has 5 heteroatoms. The Morgan fingerprint density at radius 1 is 1.08 bits per heavy atom. The lowest BCUT2D eigenvalue weighted by atomic mass is 9.93. The Morgan fingerprint density at radius 3 is 2.42 bits per heavy atom.